The Morgan fingerprint density at radius 3 is 2.30 bits per heavy atom. The monoisotopic (exact) mass is 315 g/mol. The Morgan fingerprint density at radius 2 is 1.70 bits per heavy atom. The van der Waals surface area contributed by atoms with Crippen molar-refractivity contribution in [2.24, 2.45) is 0 Å². The first kappa shape index (κ1) is 16.2. The molecule has 0 fully saturated rings. The van der Waals surface area contributed by atoms with E-state index in [0.29, 0.717) is 0 Å². The third kappa shape index (κ3) is 3.34. The Labute approximate surface area is 131 Å². The number of Topliss-reactive ketones (excluding diaryl/α,β-unsaturated/α-hetero) is 2. The van der Waals surface area contributed by atoms with Crippen LogP contribution in [-0.4, -0.2) is 28.7 Å². The number of ketones is 2. The first-order valence-corrected chi connectivity index (χ1v) is 6.61. The lowest BCUT2D eigenvalue weighted by Gasteiger charge is -2.07. The maximum absolute atomic E-state index is 12.3. The van der Waals surface area contributed by atoms with E-state index in [9.17, 15) is 24.8 Å². The fourth-order valence-corrected chi connectivity index (χ4v) is 2.15. The van der Waals surface area contributed by atoms with E-state index in [4.69, 9.17) is 4.74 Å². The topological polar surface area (TPSA) is 107 Å². The van der Waals surface area contributed by atoms with Gasteiger partial charge >= 0.3 is 5.69 Å². The molecule has 0 heterocycles. The SMILES string of the molecule is COc1cccc(C(=O)CC(=O)c2ccccc2O)c1[N+](=O)[O-]. The fourth-order valence-electron chi connectivity index (χ4n) is 2.15. The number of para-hydroxylation sites is 2. The maximum Gasteiger partial charge on any atom is 0.321 e. The van der Waals surface area contributed by atoms with Crippen LogP contribution in [0.25, 0.3) is 0 Å². The van der Waals surface area contributed by atoms with Gasteiger partial charge in [-0.3, -0.25) is 19.7 Å². The zero-order valence-corrected chi connectivity index (χ0v) is 12.2. The van der Waals surface area contributed by atoms with Crippen LogP contribution >= 0.6 is 0 Å². The van der Waals surface area contributed by atoms with E-state index in [1.54, 1.807) is 12.1 Å². The van der Waals surface area contributed by atoms with Crippen molar-refractivity contribution in [2.45, 2.75) is 6.42 Å². The van der Waals surface area contributed by atoms with Crippen LogP contribution in [0.3, 0.4) is 0 Å². The van der Waals surface area contributed by atoms with Gasteiger partial charge in [0.25, 0.3) is 0 Å². The lowest BCUT2D eigenvalue weighted by molar-refractivity contribution is -0.386. The molecule has 0 aliphatic carbocycles. The molecule has 23 heavy (non-hydrogen) atoms. The van der Waals surface area contributed by atoms with Crippen molar-refractivity contribution in [3.05, 3.63) is 63.7 Å². The standard InChI is InChI=1S/C16H13NO6/c1-23-15-8-4-6-11(16(15)17(21)22)14(20)9-13(19)10-5-2-3-7-12(10)18/h2-8,18H,9H2,1H3. The van der Waals surface area contributed by atoms with Gasteiger partial charge in [0, 0.05) is 0 Å². The van der Waals surface area contributed by atoms with Gasteiger partial charge in [-0.1, -0.05) is 18.2 Å². The largest absolute Gasteiger partial charge is 0.507 e. The van der Waals surface area contributed by atoms with Gasteiger partial charge in [0.05, 0.1) is 29.6 Å². The van der Waals surface area contributed by atoms with Crippen LogP contribution in [0.5, 0.6) is 11.5 Å². The molecule has 0 spiro atoms. The summed E-state index contributed by atoms with van der Waals surface area (Å²) in [7, 11) is 1.25. The van der Waals surface area contributed by atoms with Crippen LogP contribution < -0.4 is 4.74 Å². The molecule has 7 heteroatoms. The number of aromatic hydroxyl groups is 1. The van der Waals surface area contributed by atoms with Crippen molar-refractivity contribution in [3.8, 4) is 11.5 Å². The number of nitro benzene ring substituents is 1. The molecule has 0 atom stereocenters. The number of methoxy groups -OCH3 is 1. The van der Waals surface area contributed by atoms with Crippen LogP contribution in [0.4, 0.5) is 5.69 Å². The molecule has 2 rings (SSSR count). The molecule has 0 bridgehead atoms. The van der Waals surface area contributed by atoms with E-state index in [-0.39, 0.29) is 22.6 Å². The summed E-state index contributed by atoms with van der Waals surface area (Å²) in [6.45, 7) is 0. The Balaban J connectivity index is 2.33. The number of ether oxygens (including phenoxy) is 1. The van der Waals surface area contributed by atoms with Crippen molar-refractivity contribution in [1.29, 1.82) is 0 Å². The molecular formula is C16H13NO6. The van der Waals surface area contributed by atoms with Gasteiger partial charge < -0.3 is 9.84 Å². The number of nitro groups is 1. The summed E-state index contributed by atoms with van der Waals surface area (Å²) in [6.07, 6.45) is -0.592. The van der Waals surface area contributed by atoms with Crippen LogP contribution in [0.1, 0.15) is 27.1 Å². The minimum absolute atomic E-state index is 0.00796. The molecule has 0 saturated heterocycles. The van der Waals surface area contributed by atoms with Gasteiger partial charge in [0.15, 0.2) is 17.3 Å². The van der Waals surface area contributed by atoms with E-state index in [1.807, 2.05) is 0 Å². The summed E-state index contributed by atoms with van der Waals surface area (Å²) in [6, 6.07) is 9.85. The smallest absolute Gasteiger partial charge is 0.321 e. The minimum Gasteiger partial charge on any atom is -0.507 e. The van der Waals surface area contributed by atoms with E-state index >= 15 is 0 Å². The normalized spacial score (nSPS) is 10.1. The number of benzene rings is 2. The average molecular weight is 315 g/mol. The molecule has 0 radical (unpaired) electrons. The van der Waals surface area contributed by atoms with Crippen molar-refractivity contribution in [1.82, 2.24) is 0 Å². The number of carbonyl (C=O) groups is 2. The molecule has 7 nitrogen and oxygen atoms in total. The lowest BCUT2D eigenvalue weighted by atomic mass is 9.99. The number of carbonyl (C=O) groups excluding carboxylic acids is 2. The Hall–Kier alpha value is -3.22. The summed E-state index contributed by atoms with van der Waals surface area (Å²) < 4.78 is 4.89. The lowest BCUT2D eigenvalue weighted by Crippen LogP contribution is -2.11. The highest BCUT2D eigenvalue weighted by atomic mass is 16.6. The Bertz CT molecular complexity index is 784. The van der Waals surface area contributed by atoms with E-state index in [2.05, 4.69) is 0 Å². The van der Waals surface area contributed by atoms with E-state index in [0.717, 1.165) is 0 Å². The number of phenols is 1. The van der Waals surface area contributed by atoms with Crippen molar-refractivity contribution in [3.63, 3.8) is 0 Å². The second-order valence-corrected chi connectivity index (χ2v) is 4.65. The average Bonchev–Trinajstić information content (AvgIpc) is 2.54. The predicted octanol–water partition coefficient (Wildman–Crippen LogP) is 2.76. The molecule has 0 unspecified atom stereocenters. The van der Waals surface area contributed by atoms with Gasteiger partial charge in [-0.05, 0) is 24.3 Å². The quantitative estimate of drug-likeness (QED) is 0.380. The first-order chi connectivity index (χ1) is 11.0. The number of rotatable bonds is 6. The highest BCUT2D eigenvalue weighted by Gasteiger charge is 2.27. The van der Waals surface area contributed by atoms with Crippen molar-refractivity contribution < 1.29 is 24.4 Å². The Kier molecular flexibility index (Phi) is 4.70. The van der Waals surface area contributed by atoms with Crippen LogP contribution in [0.15, 0.2) is 42.5 Å². The van der Waals surface area contributed by atoms with Gasteiger partial charge in [-0.15, -0.1) is 0 Å². The van der Waals surface area contributed by atoms with Crippen LogP contribution in [0, 0.1) is 10.1 Å². The second-order valence-electron chi connectivity index (χ2n) is 4.65. The molecule has 0 aliphatic rings. The molecule has 0 saturated carbocycles. The van der Waals surface area contributed by atoms with E-state index in [1.165, 1.54) is 37.4 Å². The van der Waals surface area contributed by atoms with Crippen molar-refractivity contribution >= 4 is 17.3 Å². The number of hydrogen-bond acceptors (Lipinski definition) is 6. The second kappa shape index (κ2) is 6.69. The first-order valence-electron chi connectivity index (χ1n) is 6.61. The summed E-state index contributed by atoms with van der Waals surface area (Å²) in [5, 5.41) is 20.8. The molecular weight excluding hydrogens is 302 g/mol. The molecule has 118 valence electrons. The summed E-state index contributed by atoms with van der Waals surface area (Å²) >= 11 is 0. The summed E-state index contributed by atoms with van der Waals surface area (Å²) in [4.78, 5) is 34.8. The van der Waals surface area contributed by atoms with Gasteiger partial charge in [-0.25, -0.2) is 0 Å². The number of nitrogens with zero attached hydrogens (tertiary/aromatic N) is 1. The molecule has 0 aromatic heterocycles. The molecule has 1 N–H and O–H groups in total. The van der Waals surface area contributed by atoms with Crippen LogP contribution in [0.2, 0.25) is 0 Å². The third-order valence-electron chi connectivity index (χ3n) is 3.23. The van der Waals surface area contributed by atoms with Gasteiger partial charge in [0.2, 0.25) is 0 Å². The van der Waals surface area contributed by atoms with Gasteiger partial charge in [0.1, 0.15) is 5.75 Å². The van der Waals surface area contributed by atoms with Gasteiger partial charge in [-0.2, -0.15) is 0 Å². The van der Waals surface area contributed by atoms with Crippen LogP contribution in [-0.2, 0) is 0 Å². The minimum atomic E-state index is -0.726. The highest BCUT2D eigenvalue weighted by molar-refractivity contribution is 6.15. The molecule has 2 aromatic rings. The number of phenolic OH excluding ortho intramolecular Hbond substituents is 1. The zero-order valence-electron chi connectivity index (χ0n) is 12.2. The Morgan fingerprint density at radius 1 is 1.09 bits per heavy atom. The summed E-state index contributed by atoms with van der Waals surface area (Å²) in [5.74, 6) is -1.64. The fraction of sp³-hybridized carbons (Fsp3) is 0.125. The molecule has 0 aliphatic heterocycles. The maximum atomic E-state index is 12.3. The predicted molar refractivity (Wildman–Crippen MR) is 81.0 cm³/mol. The molecule has 2 aromatic carbocycles. The highest BCUT2D eigenvalue weighted by Crippen LogP contribution is 2.31. The van der Waals surface area contributed by atoms with E-state index < -0.39 is 28.6 Å². The number of hydrogen-bond donors (Lipinski definition) is 1. The van der Waals surface area contributed by atoms with Crippen molar-refractivity contribution in [2.75, 3.05) is 7.11 Å². The third-order valence-corrected chi connectivity index (χ3v) is 3.23. The summed E-state index contributed by atoms with van der Waals surface area (Å²) in [5.41, 5.74) is -0.699. The molecule has 0 amide bonds. The zero-order chi connectivity index (χ0) is 17.0.